The zero-order valence-electron chi connectivity index (χ0n) is 14.7. The van der Waals surface area contributed by atoms with Crippen LogP contribution in [0.5, 0.6) is 5.75 Å². The highest BCUT2D eigenvalue weighted by atomic mass is 35.5. The van der Waals surface area contributed by atoms with Gasteiger partial charge in [0.15, 0.2) is 0 Å². The molecule has 0 aliphatic rings. The molecule has 132 valence electrons. The first-order chi connectivity index (χ1) is 12.5. The predicted molar refractivity (Wildman–Crippen MR) is 101 cm³/mol. The zero-order valence-corrected chi connectivity index (χ0v) is 15.4. The van der Waals surface area contributed by atoms with E-state index in [1.807, 2.05) is 42.7 Å². The van der Waals surface area contributed by atoms with Crippen molar-refractivity contribution in [3.05, 3.63) is 68.9 Å². The molecule has 26 heavy (non-hydrogen) atoms. The number of fused-ring (bicyclic) bond motifs is 3. The SMILES string of the molecule is COc1c(C)cnc(Cn2c3ccccc3n3c(=O)cc(Cl)nc23)c1C. The lowest BCUT2D eigenvalue weighted by atomic mass is 10.1. The van der Waals surface area contributed by atoms with E-state index >= 15 is 0 Å². The van der Waals surface area contributed by atoms with Crippen molar-refractivity contribution in [2.45, 2.75) is 20.4 Å². The molecule has 3 aromatic heterocycles. The summed E-state index contributed by atoms with van der Waals surface area (Å²) in [5.74, 6) is 1.31. The van der Waals surface area contributed by atoms with Crippen LogP contribution in [0.1, 0.15) is 16.8 Å². The molecule has 1 aromatic carbocycles. The number of aromatic nitrogens is 4. The Balaban J connectivity index is 2.01. The van der Waals surface area contributed by atoms with Gasteiger partial charge in [-0.2, -0.15) is 0 Å². The third-order valence-electron chi connectivity index (χ3n) is 4.58. The Morgan fingerprint density at radius 1 is 1.19 bits per heavy atom. The fraction of sp³-hybridized carbons (Fsp3) is 0.211. The van der Waals surface area contributed by atoms with E-state index in [1.54, 1.807) is 17.7 Å². The van der Waals surface area contributed by atoms with E-state index < -0.39 is 0 Å². The smallest absolute Gasteiger partial charge is 0.261 e. The van der Waals surface area contributed by atoms with Gasteiger partial charge in [-0.1, -0.05) is 23.7 Å². The monoisotopic (exact) mass is 368 g/mol. The standard InChI is InChI=1S/C19H17ClN4O2/c1-11-9-21-13(12(2)18(11)26-3)10-23-14-6-4-5-7-15(14)24-17(25)8-16(20)22-19(23)24/h4-9H,10H2,1-3H3. The van der Waals surface area contributed by atoms with Crippen LogP contribution >= 0.6 is 11.6 Å². The molecule has 3 heterocycles. The van der Waals surface area contributed by atoms with E-state index in [1.165, 1.54) is 6.07 Å². The lowest BCUT2D eigenvalue weighted by Crippen LogP contribution is -2.14. The quantitative estimate of drug-likeness (QED) is 0.520. The van der Waals surface area contributed by atoms with Crippen molar-refractivity contribution in [2.75, 3.05) is 7.11 Å². The van der Waals surface area contributed by atoms with Crippen LogP contribution in [0.3, 0.4) is 0 Å². The molecule has 0 aliphatic carbocycles. The van der Waals surface area contributed by atoms with Crippen LogP contribution in [0.4, 0.5) is 0 Å². The molecule has 0 saturated carbocycles. The van der Waals surface area contributed by atoms with E-state index in [-0.39, 0.29) is 10.7 Å². The normalized spacial score (nSPS) is 11.4. The molecule has 0 atom stereocenters. The number of halogens is 1. The second-order valence-corrected chi connectivity index (χ2v) is 6.56. The summed E-state index contributed by atoms with van der Waals surface area (Å²) < 4.78 is 9.03. The van der Waals surface area contributed by atoms with Crippen LogP contribution in [0.2, 0.25) is 5.15 Å². The minimum atomic E-state index is -0.207. The highest BCUT2D eigenvalue weighted by Crippen LogP contribution is 2.26. The molecule has 0 unspecified atom stereocenters. The van der Waals surface area contributed by atoms with Gasteiger partial charge in [0.25, 0.3) is 5.56 Å². The molecule has 0 fully saturated rings. The minimum Gasteiger partial charge on any atom is -0.496 e. The Bertz CT molecular complexity index is 1210. The summed E-state index contributed by atoms with van der Waals surface area (Å²) in [5.41, 5.74) is 4.26. The topological polar surface area (TPSA) is 61.4 Å². The number of aryl methyl sites for hydroxylation is 1. The molecular formula is C19H17ClN4O2. The molecule has 4 rings (SSSR count). The number of ether oxygens (including phenoxy) is 1. The van der Waals surface area contributed by atoms with E-state index in [2.05, 4.69) is 9.97 Å². The number of methoxy groups -OCH3 is 1. The van der Waals surface area contributed by atoms with Gasteiger partial charge >= 0.3 is 0 Å². The van der Waals surface area contributed by atoms with Crippen molar-refractivity contribution >= 4 is 28.4 Å². The third-order valence-corrected chi connectivity index (χ3v) is 4.78. The Morgan fingerprint density at radius 2 is 1.92 bits per heavy atom. The van der Waals surface area contributed by atoms with Gasteiger partial charge in [0.05, 0.1) is 30.4 Å². The van der Waals surface area contributed by atoms with E-state index in [0.717, 1.165) is 33.6 Å². The number of hydrogen-bond acceptors (Lipinski definition) is 4. The number of imidazole rings is 1. The summed E-state index contributed by atoms with van der Waals surface area (Å²) >= 11 is 6.05. The minimum absolute atomic E-state index is 0.172. The fourth-order valence-corrected chi connectivity index (χ4v) is 3.54. The van der Waals surface area contributed by atoms with Gasteiger partial charge in [-0.15, -0.1) is 0 Å². The molecule has 6 nitrogen and oxygen atoms in total. The van der Waals surface area contributed by atoms with Gasteiger partial charge in [-0.25, -0.2) is 9.38 Å². The average molecular weight is 369 g/mol. The maximum atomic E-state index is 12.5. The molecule has 7 heteroatoms. The van der Waals surface area contributed by atoms with E-state index in [0.29, 0.717) is 12.3 Å². The molecule has 0 N–H and O–H groups in total. The number of pyridine rings is 1. The third kappa shape index (κ3) is 2.45. The summed E-state index contributed by atoms with van der Waals surface area (Å²) in [6, 6.07) is 9.00. The number of rotatable bonds is 3. The number of benzene rings is 1. The van der Waals surface area contributed by atoms with Crippen LogP contribution < -0.4 is 10.3 Å². The van der Waals surface area contributed by atoms with Crippen LogP contribution in [-0.2, 0) is 6.54 Å². The fourth-order valence-electron chi connectivity index (χ4n) is 3.38. The second-order valence-electron chi connectivity index (χ2n) is 6.17. The Labute approximate surface area is 154 Å². The van der Waals surface area contributed by atoms with E-state index in [9.17, 15) is 4.79 Å². The first kappa shape index (κ1) is 16.6. The molecule has 4 aromatic rings. The highest BCUT2D eigenvalue weighted by Gasteiger charge is 2.17. The van der Waals surface area contributed by atoms with Gasteiger partial charge in [0.1, 0.15) is 10.9 Å². The van der Waals surface area contributed by atoms with Crippen LogP contribution in [0.25, 0.3) is 16.8 Å². The molecule has 0 saturated heterocycles. The zero-order chi connectivity index (χ0) is 18.4. The molecule has 0 amide bonds. The van der Waals surface area contributed by atoms with Gasteiger partial charge in [0, 0.05) is 23.4 Å². The van der Waals surface area contributed by atoms with Crippen molar-refractivity contribution in [3.8, 4) is 5.75 Å². The van der Waals surface area contributed by atoms with Crippen LogP contribution in [-0.4, -0.2) is 26.0 Å². The van der Waals surface area contributed by atoms with Crippen molar-refractivity contribution in [3.63, 3.8) is 0 Å². The summed E-state index contributed by atoms with van der Waals surface area (Å²) in [6.45, 7) is 4.39. The summed E-state index contributed by atoms with van der Waals surface area (Å²) in [4.78, 5) is 21.4. The summed E-state index contributed by atoms with van der Waals surface area (Å²) in [5, 5.41) is 0.172. The summed E-state index contributed by atoms with van der Waals surface area (Å²) in [6.07, 6.45) is 1.79. The second kappa shape index (κ2) is 6.14. The molecule has 0 bridgehead atoms. The Kier molecular flexibility index (Phi) is 3.92. The molecule has 0 aliphatic heterocycles. The van der Waals surface area contributed by atoms with Crippen molar-refractivity contribution in [2.24, 2.45) is 0 Å². The van der Waals surface area contributed by atoms with Crippen molar-refractivity contribution in [1.82, 2.24) is 18.9 Å². The largest absolute Gasteiger partial charge is 0.496 e. The number of nitrogens with zero attached hydrogens (tertiary/aromatic N) is 4. The number of hydrogen-bond donors (Lipinski definition) is 0. The molecule has 0 radical (unpaired) electrons. The summed E-state index contributed by atoms with van der Waals surface area (Å²) in [7, 11) is 1.65. The maximum Gasteiger partial charge on any atom is 0.261 e. The molecule has 0 spiro atoms. The average Bonchev–Trinajstić information content (AvgIpc) is 2.92. The maximum absolute atomic E-state index is 12.5. The predicted octanol–water partition coefficient (Wildman–Crippen LogP) is 3.37. The van der Waals surface area contributed by atoms with Crippen molar-refractivity contribution in [1.29, 1.82) is 0 Å². The first-order valence-corrected chi connectivity index (χ1v) is 8.54. The Morgan fingerprint density at radius 3 is 2.65 bits per heavy atom. The van der Waals surface area contributed by atoms with Gasteiger partial charge in [0.2, 0.25) is 5.78 Å². The van der Waals surface area contributed by atoms with Crippen LogP contribution in [0, 0.1) is 13.8 Å². The first-order valence-electron chi connectivity index (χ1n) is 8.17. The van der Waals surface area contributed by atoms with Gasteiger partial charge in [-0.3, -0.25) is 9.78 Å². The van der Waals surface area contributed by atoms with Gasteiger partial charge in [-0.05, 0) is 26.0 Å². The van der Waals surface area contributed by atoms with Crippen LogP contribution in [0.15, 0.2) is 41.3 Å². The number of para-hydroxylation sites is 2. The van der Waals surface area contributed by atoms with Gasteiger partial charge < -0.3 is 9.30 Å². The van der Waals surface area contributed by atoms with E-state index in [4.69, 9.17) is 16.3 Å². The van der Waals surface area contributed by atoms with Crippen molar-refractivity contribution < 1.29 is 4.74 Å². The Hall–Kier alpha value is -2.86. The lowest BCUT2D eigenvalue weighted by molar-refractivity contribution is 0.406. The highest BCUT2D eigenvalue weighted by molar-refractivity contribution is 6.29. The molecular weight excluding hydrogens is 352 g/mol. The lowest BCUT2D eigenvalue weighted by Gasteiger charge is -2.13.